The first kappa shape index (κ1) is 13.6. The molecule has 1 atom stereocenters. The third-order valence-electron chi connectivity index (χ3n) is 3.73. The maximum absolute atomic E-state index is 12.1. The predicted octanol–water partition coefficient (Wildman–Crippen LogP) is 2.60. The molecule has 0 fully saturated rings. The van der Waals surface area contributed by atoms with E-state index in [0.29, 0.717) is 13.0 Å². The molecule has 0 aliphatic heterocycles. The molecule has 0 radical (unpaired) electrons. The van der Waals surface area contributed by atoms with Crippen molar-refractivity contribution in [3.8, 4) is 6.07 Å². The average Bonchev–Trinajstić information content (AvgIpc) is 2.46. The standard InChI is InChI=1S/C16H20N2O/c17-10-4-1-5-11-18-16(19)15-9-8-13-6-2-3-7-14(13)12-15/h2-3,6-7,15H,1,4-5,8-9,11-12H2,(H,18,19). The number of hydrogen-bond donors (Lipinski definition) is 1. The smallest absolute Gasteiger partial charge is 0.223 e. The molecule has 0 saturated carbocycles. The molecule has 19 heavy (non-hydrogen) atoms. The molecule has 1 amide bonds. The van der Waals surface area contributed by atoms with Gasteiger partial charge in [0.15, 0.2) is 0 Å². The minimum atomic E-state index is 0.117. The van der Waals surface area contributed by atoms with E-state index in [1.807, 2.05) is 6.07 Å². The van der Waals surface area contributed by atoms with Crippen molar-refractivity contribution in [2.24, 2.45) is 5.92 Å². The minimum absolute atomic E-state index is 0.117. The van der Waals surface area contributed by atoms with Gasteiger partial charge in [0, 0.05) is 18.9 Å². The van der Waals surface area contributed by atoms with E-state index in [1.54, 1.807) is 0 Å². The van der Waals surface area contributed by atoms with Gasteiger partial charge in [0.25, 0.3) is 0 Å². The Bertz CT molecular complexity index is 476. The van der Waals surface area contributed by atoms with Gasteiger partial charge >= 0.3 is 0 Å². The Morgan fingerprint density at radius 2 is 2.11 bits per heavy atom. The zero-order chi connectivity index (χ0) is 13.5. The van der Waals surface area contributed by atoms with Gasteiger partial charge in [-0.05, 0) is 43.2 Å². The third-order valence-corrected chi connectivity index (χ3v) is 3.73. The second-order valence-electron chi connectivity index (χ2n) is 5.11. The van der Waals surface area contributed by atoms with Crippen LogP contribution < -0.4 is 5.32 Å². The molecule has 0 bridgehead atoms. The van der Waals surface area contributed by atoms with Crippen LogP contribution in [0.1, 0.15) is 36.8 Å². The summed E-state index contributed by atoms with van der Waals surface area (Å²) in [6.45, 7) is 0.693. The van der Waals surface area contributed by atoms with E-state index in [9.17, 15) is 4.79 Å². The number of amides is 1. The summed E-state index contributed by atoms with van der Waals surface area (Å²) in [6, 6.07) is 10.5. The lowest BCUT2D eigenvalue weighted by molar-refractivity contribution is -0.125. The number of aryl methyl sites for hydroxylation is 1. The zero-order valence-electron chi connectivity index (χ0n) is 11.2. The van der Waals surface area contributed by atoms with Crippen molar-refractivity contribution in [1.82, 2.24) is 5.32 Å². The maximum Gasteiger partial charge on any atom is 0.223 e. The van der Waals surface area contributed by atoms with Gasteiger partial charge in [-0.2, -0.15) is 5.26 Å². The topological polar surface area (TPSA) is 52.9 Å². The van der Waals surface area contributed by atoms with Crippen LogP contribution in [0.25, 0.3) is 0 Å². The second-order valence-corrected chi connectivity index (χ2v) is 5.11. The molecule has 1 aliphatic carbocycles. The van der Waals surface area contributed by atoms with Crippen LogP contribution in [-0.4, -0.2) is 12.5 Å². The Morgan fingerprint density at radius 3 is 2.89 bits per heavy atom. The SMILES string of the molecule is N#CCCCCNC(=O)C1CCc2ccccc2C1. The van der Waals surface area contributed by atoms with E-state index in [1.165, 1.54) is 11.1 Å². The molecule has 2 rings (SSSR count). The van der Waals surface area contributed by atoms with Gasteiger partial charge in [-0.25, -0.2) is 0 Å². The largest absolute Gasteiger partial charge is 0.356 e. The summed E-state index contributed by atoms with van der Waals surface area (Å²) in [6.07, 6.45) is 5.14. The third kappa shape index (κ3) is 3.82. The fraction of sp³-hybridized carbons (Fsp3) is 0.500. The summed E-state index contributed by atoms with van der Waals surface area (Å²) in [7, 11) is 0. The summed E-state index contributed by atoms with van der Waals surface area (Å²) in [5.41, 5.74) is 2.71. The van der Waals surface area contributed by atoms with Crippen molar-refractivity contribution < 1.29 is 4.79 Å². The fourth-order valence-electron chi connectivity index (χ4n) is 2.61. The second kappa shape index (κ2) is 6.94. The van der Waals surface area contributed by atoms with Crippen molar-refractivity contribution in [2.75, 3.05) is 6.54 Å². The number of nitrogens with one attached hydrogen (secondary N) is 1. The first-order valence-electron chi connectivity index (χ1n) is 7.02. The zero-order valence-corrected chi connectivity index (χ0v) is 11.2. The molecule has 1 aromatic rings. The highest BCUT2D eigenvalue weighted by Gasteiger charge is 2.23. The Labute approximate surface area is 114 Å². The van der Waals surface area contributed by atoms with Gasteiger partial charge in [0.05, 0.1) is 6.07 Å². The van der Waals surface area contributed by atoms with Gasteiger partial charge in [0.2, 0.25) is 5.91 Å². The van der Waals surface area contributed by atoms with E-state index in [0.717, 1.165) is 32.1 Å². The Hall–Kier alpha value is -1.82. The van der Waals surface area contributed by atoms with Crippen LogP contribution in [0, 0.1) is 17.2 Å². The Morgan fingerprint density at radius 1 is 1.32 bits per heavy atom. The van der Waals surface area contributed by atoms with Gasteiger partial charge in [-0.15, -0.1) is 0 Å². The normalized spacial score (nSPS) is 17.3. The molecular formula is C16H20N2O. The Balaban J connectivity index is 1.78. The van der Waals surface area contributed by atoms with Gasteiger partial charge in [0.1, 0.15) is 0 Å². The lowest BCUT2D eigenvalue weighted by atomic mass is 9.83. The van der Waals surface area contributed by atoms with Crippen LogP contribution in [0.4, 0.5) is 0 Å². The summed E-state index contributed by atoms with van der Waals surface area (Å²) in [5, 5.41) is 11.4. The van der Waals surface area contributed by atoms with E-state index in [-0.39, 0.29) is 11.8 Å². The van der Waals surface area contributed by atoms with Gasteiger partial charge in [-0.3, -0.25) is 4.79 Å². The number of benzene rings is 1. The molecule has 1 aromatic carbocycles. The first-order valence-corrected chi connectivity index (χ1v) is 7.02. The highest BCUT2D eigenvalue weighted by atomic mass is 16.1. The van der Waals surface area contributed by atoms with Crippen LogP contribution in [-0.2, 0) is 17.6 Å². The summed E-state index contributed by atoms with van der Waals surface area (Å²) < 4.78 is 0. The molecule has 0 saturated heterocycles. The van der Waals surface area contributed by atoms with Crippen LogP contribution in [0.15, 0.2) is 24.3 Å². The fourth-order valence-corrected chi connectivity index (χ4v) is 2.61. The monoisotopic (exact) mass is 256 g/mol. The Kier molecular flexibility index (Phi) is 4.97. The predicted molar refractivity (Wildman–Crippen MR) is 74.4 cm³/mol. The lowest BCUT2D eigenvalue weighted by Crippen LogP contribution is -2.34. The number of carbonyl (C=O) groups excluding carboxylic acids is 1. The molecule has 3 nitrogen and oxygen atoms in total. The van der Waals surface area contributed by atoms with Crippen LogP contribution in [0.3, 0.4) is 0 Å². The molecule has 0 heterocycles. The molecule has 1 N–H and O–H groups in total. The quantitative estimate of drug-likeness (QED) is 0.823. The molecular weight excluding hydrogens is 236 g/mol. The summed E-state index contributed by atoms with van der Waals surface area (Å²) in [4.78, 5) is 12.1. The number of nitriles is 1. The molecule has 100 valence electrons. The number of carbonyl (C=O) groups is 1. The van der Waals surface area contributed by atoms with Crippen molar-refractivity contribution in [3.63, 3.8) is 0 Å². The summed E-state index contributed by atoms with van der Waals surface area (Å²) >= 11 is 0. The van der Waals surface area contributed by atoms with Crippen LogP contribution >= 0.6 is 0 Å². The summed E-state index contributed by atoms with van der Waals surface area (Å²) in [5.74, 6) is 0.289. The van der Waals surface area contributed by atoms with E-state index in [4.69, 9.17) is 5.26 Å². The number of fused-ring (bicyclic) bond motifs is 1. The molecule has 0 aromatic heterocycles. The highest BCUT2D eigenvalue weighted by molar-refractivity contribution is 5.79. The minimum Gasteiger partial charge on any atom is -0.356 e. The van der Waals surface area contributed by atoms with Crippen molar-refractivity contribution >= 4 is 5.91 Å². The molecule has 1 aliphatic rings. The lowest BCUT2D eigenvalue weighted by Gasteiger charge is -2.23. The molecule has 1 unspecified atom stereocenters. The number of hydrogen-bond acceptors (Lipinski definition) is 2. The van der Waals surface area contributed by atoms with Crippen LogP contribution in [0.5, 0.6) is 0 Å². The first-order chi connectivity index (χ1) is 9.31. The van der Waals surface area contributed by atoms with E-state index in [2.05, 4.69) is 29.6 Å². The van der Waals surface area contributed by atoms with Crippen molar-refractivity contribution in [1.29, 1.82) is 5.26 Å². The van der Waals surface area contributed by atoms with Crippen molar-refractivity contribution in [3.05, 3.63) is 35.4 Å². The van der Waals surface area contributed by atoms with Crippen molar-refractivity contribution in [2.45, 2.75) is 38.5 Å². The van der Waals surface area contributed by atoms with E-state index >= 15 is 0 Å². The molecule has 3 heteroatoms. The highest BCUT2D eigenvalue weighted by Crippen LogP contribution is 2.25. The van der Waals surface area contributed by atoms with E-state index < -0.39 is 0 Å². The number of unbranched alkanes of at least 4 members (excludes halogenated alkanes) is 2. The molecule has 0 spiro atoms. The van der Waals surface area contributed by atoms with Crippen LogP contribution in [0.2, 0.25) is 0 Å². The number of nitrogens with zero attached hydrogens (tertiary/aromatic N) is 1. The number of rotatable bonds is 5. The van der Waals surface area contributed by atoms with Gasteiger partial charge in [-0.1, -0.05) is 24.3 Å². The van der Waals surface area contributed by atoms with Gasteiger partial charge < -0.3 is 5.32 Å². The average molecular weight is 256 g/mol. The maximum atomic E-state index is 12.1.